The van der Waals surface area contributed by atoms with E-state index in [-0.39, 0.29) is 5.41 Å². The highest BCUT2D eigenvalue weighted by molar-refractivity contribution is 5.72. The molecule has 0 saturated heterocycles. The highest BCUT2D eigenvalue weighted by atomic mass is 14.2. The summed E-state index contributed by atoms with van der Waals surface area (Å²) in [6.45, 7) is 26.2. The van der Waals surface area contributed by atoms with Gasteiger partial charge < -0.3 is 0 Å². The van der Waals surface area contributed by atoms with Crippen molar-refractivity contribution in [2.24, 2.45) is 0 Å². The van der Waals surface area contributed by atoms with E-state index in [9.17, 15) is 0 Å². The molecule has 0 heteroatoms. The van der Waals surface area contributed by atoms with Gasteiger partial charge in [0, 0.05) is 0 Å². The quantitative estimate of drug-likeness (QED) is 0.492. The van der Waals surface area contributed by atoms with Crippen LogP contribution < -0.4 is 10.4 Å². The van der Waals surface area contributed by atoms with Crippen molar-refractivity contribution in [3.63, 3.8) is 0 Å². The highest BCUT2D eigenvalue weighted by Crippen LogP contribution is 2.30. The Kier molecular flexibility index (Phi) is 7.84. The molecule has 0 spiro atoms. The van der Waals surface area contributed by atoms with Crippen LogP contribution in [0.25, 0.3) is 23.3 Å². The van der Waals surface area contributed by atoms with E-state index in [0.29, 0.717) is 0 Å². The Morgan fingerprint density at radius 2 is 1.33 bits per heavy atom. The fourth-order valence-corrected chi connectivity index (χ4v) is 3.57. The molecule has 0 aliphatic carbocycles. The number of allylic oxidation sites excluding steroid dienone is 2. The number of hydrogen-bond donors (Lipinski definition) is 0. The van der Waals surface area contributed by atoms with Crippen molar-refractivity contribution in [1.82, 2.24) is 0 Å². The summed E-state index contributed by atoms with van der Waals surface area (Å²) in [7, 11) is 0. The summed E-state index contributed by atoms with van der Waals surface area (Å²) in [5.41, 5.74) is 9.42. The average molecular weight is 363 g/mol. The predicted molar refractivity (Wildman–Crippen MR) is 125 cm³/mol. The van der Waals surface area contributed by atoms with E-state index >= 15 is 0 Å². The van der Waals surface area contributed by atoms with Crippen molar-refractivity contribution < 1.29 is 0 Å². The third-order valence-electron chi connectivity index (χ3n) is 4.88. The number of benzene rings is 2. The lowest BCUT2D eigenvalue weighted by molar-refractivity contribution is 0.585. The minimum Gasteiger partial charge on any atom is -0.0919 e. The van der Waals surface area contributed by atoms with Gasteiger partial charge in [0.2, 0.25) is 0 Å². The Labute approximate surface area is 167 Å². The summed E-state index contributed by atoms with van der Waals surface area (Å²) < 4.78 is 0. The SMILES string of the molecule is C/C=C\C.C=c1c(-c2cc(C)cc(C)c2)c(C)c(C(C)(C)C)cc1=C(C)C. The van der Waals surface area contributed by atoms with Gasteiger partial charge in [0.15, 0.2) is 0 Å². The predicted octanol–water partition coefficient (Wildman–Crippen LogP) is 6.76. The summed E-state index contributed by atoms with van der Waals surface area (Å²) in [6.07, 6.45) is 4.00. The van der Waals surface area contributed by atoms with Gasteiger partial charge in [-0.25, -0.2) is 0 Å². The van der Waals surface area contributed by atoms with E-state index in [0.717, 1.165) is 5.22 Å². The smallest absolute Gasteiger partial charge is 0.00789 e. The molecule has 0 heterocycles. The largest absolute Gasteiger partial charge is 0.0919 e. The van der Waals surface area contributed by atoms with Gasteiger partial charge in [-0.3, -0.25) is 0 Å². The molecule has 2 aromatic carbocycles. The lowest BCUT2D eigenvalue weighted by atomic mass is 9.80. The third kappa shape index (κ3) is 5.70. The zero-order valence-corrected chi connectivity index (χ0v) is 19.2. The van der Waals surface area contributed by atoms with Crippen LogP contribution in [0.15, 0.2) is 36.4 Å². The maximum absolute atomic E-state index is 4.44. The van der Waals surface area contributed by atoms with E-state index in [1.165, 1.54) is 44.2 Å². The summed E-state index contributed by atoms with van der Waals surface area (Å²) in [5.74, 6) is 0. The van der Waals surface area contributed by atoms with E-state index in [1.807, 2.05) is 26.0 Å². The van der Waals surface area contributed by atoms with E-state index < -0.39 is 0 Å². The Balaban J connectivity index is 0.000000828. The van der Waals surface area contributed by atoms with Crippen molar-refractivity contribution in [1.29, 1.82) is 0 Å². The first kappa shape index (κ1) is 23.0. The first-order valence-corrected chi connectivity index (χ1v) is 9.90. The second-order valence-electron chi connectivity index (χ2n) is 8.74. The van der Waals surface area contributed by atoms with Gasteiger partial charge in [-0.1, -0.05) is 80.5 Å². The summed E-state index contributed by atoms with van der Waals surface area (Å²) in [4.78, 5) is 0. The number of hydrogen-bond acceptors (Lipinski definition) is 0. The van der Waals surface area contributed by atoms with Gasteiger partial charge in [-0.15, -0.1) is 0 Å². The molecule has 0 aromatic heterocycles. The van der Waals surface area contributed by atoms with Crippen LogP contribution in [0, 0.1) is 20.8 Å². The van der Waals surface area contributed by atoms with Gasteiger partial charge in [0.1, 0.15) is 0 Å². The molecular weight excluding hydrogens is 324 g/mol. The molecule has 0 saturated carbocycles. The molecule has 2 aromatic rings. The fourth-order valence-electron chi connectivity index (χ4n) is 3.57. The van der Waals surface area contributed by atoms with Crippen LogP contribution in [-0.4, -0.2) is 0 Å². The molecule has 0 aliphatic rings. The van der Waals surface area contributed by atoms with E-state index in [4.69, 9.17) is 0 Å². The van der Waals surface area contributed by atoms with Gasteiger partial charge in [0.05, 0.1) is 0 Å². The third-order valence-corrected chi connectivity index (χ3v) is 4.88. The molecule has 0 amide bonds. The maximum atomic E-state index is 4.44. The van der Waals surface area contributed by atoms with Crippen LogP contribution in [0.4, 0.5) is 0 Å². The van der Waals surface area contributed by atoms with Gasteiger partial charge in [0.25, 0.3) is 0 Å². The summed E-state index contributed by atoms with van der Waals surface area (Å²) in [6, 6.07) is 9.14. The molecule has 0 aliphatic heterocycles. The van der Waals surface area contributed by atoms with Crippen molar-refractivity contribution in [2.45, 2.75) is 74.7 Å². The van der Waals surface area contributed by atoms with Crippen molar-refractivity contribution >= 4 is 12.2 Å². The molecule has 2 rings (SSSR count). The molecular formula is C27H38. The zero-order chi connectivity index (χ0) is 20.9. The Morgan fingerprint density at radius 1 is 0.852 bits per heavy atom. The van der Waals surface area contributed by atoms with Gasteiger partial charge in [-0.05, 0) is 86.6 Å². The molecule has 0 nitrogen and oxygen atoms in total. The van der Waals surface area contributed by atoms with Gasteiger partial charge >= 0.3 is 0 Å². The van der Waals surface area contributed by atoms with E-state index in [1.54, 1.807) is 0 Å². The fraction of sp³-hybridized carbons (Fsp3) is 0.407. The van der Waals surface area contributed by atoms with Crippen LogP contribution in [0.2, 0.25) is 0 Å². The zero-order valence-electron chi connectivity index (χ0n) is 19.2. The second-order valence-corrected chi connectivity index (χ2v) is 8.74. The number of rotatable bonds is 1. The Morgan fingerprint density at radius 3 is 1.70 bits per heavy atom. The maximum Gasteiger partial charge on any atom is -0.00789 e. The molecule has 27 heavy (non-hydrogen) atoms. The van der Waals surface area contributed by atoms with Crippen LogP contribution in [0.5, 0.6) is 0 Å². The molecule has 0 radical (unpaired) electrons. The molecule has 146 valence electrons. The lowest BCUT2D eigenvalue weighted by Gasteiger charge is -2.25. The average Bonchev–Trinajstić information content (AvgIpc) is 2.52. The van der Waals surface area contributed by atoms with Crippen LogP contribution >= 0.6 is 0 Å². The minimum atomic E-state index is 0.121. The summed E-state index contributed by atoms with van der Waals surface area (Å²) in [5, 5.41) is 2.44. The Bertz CT molecular complexity index is 903. The summed E-state index contributed by atoms with van der Waals surface area (Å²) >= 11 is 0. The van der Waals surface area contributed by atoms with Crippen molar-refractivity contribution in [2.75, 3.05) is 0 Å². The van der Waals surface area contributed by atoms with E-state index in [2.05, 4.69) is 86.2 Å². The van der Waals surface area contributed by atoms with Crippen molar-refractivity contribution in [3.8, 4) is 11.1 Å². The minimum absolute atomic E-state index is 0.121. The second kappa shape index (κ2) is 9.22. The Hall–Kier alpha value is -2.08. The topological polar surface area (TPSA) is 0 Å². The molecule has 0 bridgehead atoms. The van der Waals surface area contributed by atoms with Crippen LogP contribution in [-0.2, 0) is 5.41 Å². The lowest BCUT2D eigenvalue weighted by Crippen LogP contribution is -2.31. The monoisotopic (exact) mass is 362 g/mol. The normalized spacial score (nSPS) is 11.3. The molecule has 0 N–H and O–H groups in total. The van der Waals surface area contributed by atoms with Crippen molar-refractivity contribution in [3.05, 3.63) is 69.1 Å². The number of aryl methyl sites for hydroxylation is 2. The first-order chi connectivity index (χ1) is 12.4. The van der Waals surface area contributed by atoms with Crippen LogP contribution in [0.1, 0.15) is 70.7 Å². The van der Waals surface area contributed by atoms with Crippen LogP contribution in [0.3, 0.4) is 0 Å². The molecule has 0 fully saturated rings. The highest BCUT2D eigenvalue weighted by Gasteiger charge is 2.20. The first-order valence-electron chi connectivity index (χ1n) is 9.90. The molecule has 0 unspecified atom stereocenters. The van der Waals surface area contributed by atoms with Gasteiger partial charge in [-0.2, -0.15) is 0 Å². The molecule has 0 atom stereocenters. The standard InChI is InChI=1S/C23H30.C4H8/c1-14(2)20-13-21(23(7,8)9)18(6)22(17(20)5)19-11-15(3)10-16(4)12-19;1-3-4-2/h10-13H,5H2,1-4,6-9H3;3-4H,1-2H3/b;4-3-.